The molecule has 19 heavy (non-hydrogen) atoms. The molecule has 0 fully saturated rings. The Bertz CT molecular complexity index is 410. The van der Waals surface area contributed by atoms with Crippen LogP contribution < -0.4 is 5.32 Å². The fourth-order valence-electron chi connectivity index (χ4n) is 1.81. The lowest BCUT2D eigenvalue weighted by molar-refractivity contribution is -0.121. The first-order valence-corrected chi connectivity index (χ1v) is 7.91. The number of aryl methyl sites for hydroxylation is 1. The fraction of sp³-hybridized carbons (Fsp3) is 0.500. The maximum atomic E-state index is 11.8. The standard InChI is InChI=1S/C14H20ClNO2S/c1-10(13(9-17)19-2)16-14(18)8-7-11-5-3-4-6-12(11)15/h3-6,10,13,17H,7-9H2,1-2H3,(H,16,18). The van der Waals surface area contributed by atoms with Crippen molar-refractivity contribution in [2.45, 2.75) is 31.1 Å². The SMILES string of the molecule is CSC(CO)C(C)NC(=O)CCc1ccccc1Cl. The third kappa shape index (κ3) is 5.43. The number of halogens is 1. The first-order valence-electron chi connectivity index (χ1n) is 6.25. The highest BCUT2D eigenvalue weighted by Crippen LogP contribution is 2.16. The zero-order valence-electron chi connectivity index (χ0n) is 11.2. The molecule has 0 heterocycles. The maximum absolute atomic E-state index is 11.8. The number of amides is 1. The number of hydrogen-bond acceptors (Lipinski definition) is 3. The summed E-state index contributed by atoms with van der Waals surface area (Å²) >= 11 is 7.59. The van der Waals surface area contributed by atoms with E-state index in [9.17, 15) is 4.79 Å². The third-order valence-corrected chi connectivity index (χ3v) is 4.54. The second-order valence-corrected chi connectivity index (χ2v) is 5.89. The monoisotopic (exact) mass is 301 g/mol. The van der Waals surface area contributed by atoms with Gasteiger partial charge in [0.1, 0.15) is 0 Å². The van der Waals surface area contributed by atoms with Crippen molar-refractivity contribution in [1.29, 1.82) is 0 Å². The molecule has 1 rings (SSSR count). The highest BCUT2D eigenvalue weighted by atomic mass is 35.5. The molecule has 1 aromatic carbocycles. The molecule has 0 aliphatic carbocycles. The molecule has 106 valence electrons. The van der Waals surface area contributed by atoms with Crippen LogP contribution in [0.4, 0.5) is 0 Å². The lowest BCUT2D eigenvalue weighted by Gasteiger charge is -2.21. The average Bonchev–Trinajstić information content (AvgIpc) is 2.39. The summed E-state index contributed by atoms with van der Waals surface area (Å²) < 4.78 is 0. The molecule has 0 aliphatic rings. The van der Waals surface area contributed by atoms with E-state index < -0.39 is 0 Å². The minimum Gasteiger partial charge on any atom is -0.395 e. The van der Waals surface area contributed by atoms with Crippen LogP contribution in [-0.4, -0.2) is 35.2 Å². The Morgan fingerprint density at radius 1 is 1.47 bits per heavy atom. The van der Waals surface area contributed by atoms with E-state index in [1.165, 1.54) is 0 Å². The molecule has 1 aromatic rings. The smallest absolute Gasteiger partial charge is 0.220 e. The molecule has 0 spiro atoms. The highest BCUT2D eigenvalue weighted by Gasteiger charge is 2.17. The minimum atomic E-state index is -0.0428. The minimum absolute atomic E-state index is 0.0140. The Morgan fingerprint density at radius 2 is 2.16 bits per heavy atom. The highest BCUT2D eigenvalue weighted by molar-refractivity contribution is 7.99. The molecule has 0 saturated heterocycles. The van der Waals surface area contributed by atoms with Gasteiger partial charge in [0.05, 0.1) is 6.61 Å². The molecule has 2 unspecified atom stereocenters. The molecular formula is C14H20ClNO2S. The van der Waals surface area contributed by atoms with Crippen LogP contribution >= 0.6 is 23.4 Å². The summed E-state index contributed by atoms with van der Waals surface area (Å²) in [4.78, 5) is 11.8. The van der Waals surface area contributed by atoms with Crippen molar-refractivity contribution < 1.29 is 9.90 Å². The fourth-order valence-corrected chi connectivity index (χ4v) is 2.66. The zero-order chi connectivity index (χ0) is 14.3. The first kappa shape index (κ1) is 16.3. The number of aliphatic hydroxyl groups is 1. The van der Waals surface area contributed by atoms with Gasteiger partial charge in [-0.3, -0.25) is 4.79 Å². The molecule has 0 aliphatic heterocycles. The van der Waals surface area contributed by atoms with Crippen LogP contribution in [0.5, 0.6) is 0 Å². The molecule has 0 radical (unpaired) electrons. The third-order valence-electron chi connectivity index (χ3n) is 3.01. The number of aliphatic hydroxyl groups excluding tert-OH is 1. The molecule has 5 heteroatoms. The van der Waals surface area contributed by atoms with E-state index in [0.29, 0.717) is 17.9 Å². The van der Waals surface area contributed by atoms with E-state index in [1.807, 2.05) is 37.4 Å². The molecular weight excluding hydrogens is 282 g/mol. The number of rotatable bonds is 7. The largest absolute Gasteiger partial charge is 0.395 e. The van der Waals surface area contributed by atoms with E-state index in [4.69, 9.17) is 16.7 Å². The molecule has 3 nitrogen and oxygen atoms in total. The summed E-state index contributed by atoms with van der Waals surface area (Å²) in [5, 5.41) is 12.8. The van der Waals surface area contributed by atoms with Crippen molar-refractivity contribution in [2.75, 3.05) is 12.9 Å². The van der Waals surface area contributed by atoms with Crippen LogP contribution in [0.15, 0.2) is 24.3 Å². The Labute approximate surface area is 123 Å². The van der Waals surface area contributed by atoms with Gasteiger partial charge in [0.15, 0.2) is 0 Å². The van der Waals surface area contributed by atoms with Crippen molar-refractivity contribution in [2.24, 2.45) is 0 Å². The van der Waals surface area contributed by atoms with Gasteiger partial charge in [0, 0.05) is 22.7 Å². The van der Waals surface area contributed by atoms with E-state index >= 15 is 0 Å². The number of thioether (sulfide) groups is 1. The topological polar surface area (TPSA) is 49.3 Å². The second-order valence-electron chi connectivity index (χ2n) is 4.40. The zero-order valence-corrected chi connectivity index (χ0v) is 12.8. The van der Waals surface area contributed by atoms with Gasteiger partial charge in [-0.15, -0.1) is 0 Å². The Hall–Kier alpha value is -0.710. The normalized spacial score (nSPS) is 13.9. The van der Waals surface area contributed by atoms with E-state index in [1.54, 1.807) is 11.8 Å². The lowest BCUT2D eigenvalue weighted by Crippen LogP contribution is -2.41. The van der Waals surface area contributed by atoms with Gasteiger partial charge in [-0.25, -0.2) is 0 Å². The van der Waals surface area contributed by atoms with Crippen molar-refractivity contribution >= 4 is 29.3 Å². The number of carbonyl (C=O) groups is 1. The van der Waals surface area contributed by atoms with Crippen molar-refractivity contribution in [1.82, 2.24) is 5.32 Å². The van der Waals surface area contributed by atoms with Crippen LogP contribution in [0.3, 0.4) is 0 Å². The molecule has 0 saturated carbocycles. The predicted molar refractivity (Wildman–Crippen MR) is 81.8 cm³/mol. The van der Waals surface area contributed by atoms with Crippen LogP contribution in [0, 0.1) is 0 Å². The van der Waals surface area contributed by atoms with Gasteiger partial charge in [-0.1, -0.05) is 29.8 Å². The van der Waals surface area contributed by atoms with E-state index in [2.05, 4.69) is 5.32 Å². The molecule has 2 atom stereocenters. The Morgan fingerprint density at radius 3 is 2.74 bits per heavy atom. The van der Waals surface area contributed by atoms with Gasteiger partial charge in [-0.2, -0.15) is 11.8 Å². The summed E-state index contributed by atoms with van der Waals surface area (Å²) in [6, 6.07) is 7.50. The number of nitrogens with one attached hydrogen (secondary N) is 1. The number of benzene rings is 1. The molecule has 0 aromatic heterocycles. The van der Waals surface area contributed by atoms with Crippen LogP contribution in [0.1, 0.15) is 18.9 Å². The molecule has 0 bridgehead atoms. The van der Waals surface area contributed by atoms with Crippen LogP contribution in [-0.2, 0) is 11.2 Å². The van der Waals surface area contributed by atoms with Crippen molar-refractivity contribution in [3.8, 4) is 0 Å². The maximum Gasteiger partial charge on any atom is 0.220 e. The molecule has 2 N–H and O–H groups in total. The number of carbonyl (C=O) groups excluding carboxylic acids is 1. The summed E-state index contributed by atoms with van der Waals surface area (Å²) in [6.07, 6.45) is 2.95. The van der Waals surface area contributed by atoms with E-state index in [-0.39, 0.29) is 23.8 Å². The second kappa shape index (κ2) is 8.46. The predicted octanol–water partition coefficient (Wildman–Crippen LogP) is 2.50. The quantitative estimate of drug-likeness (QED) is 0.813. The van der Waals surface area contributed by atoms with Gasteiger partial charge in [-0.05, 0) is 31.2 Å². The Balaban J connectivity index is 2.42. The first-order chi connectivity index (χ1) is 9.08. The van der Waals surface area contributed by atoms with Gasteiger partial charge in [0.25, 0.3) is 0 Å². The summed E-state index contributed by atoms with van der Waals surface area (Å²) in [7, 11) is 0. The molecule has 1 amide bonds. The average molecular weight is 302 g/mol. The lowest BCUT2D eigenvalue weighted by atomic mass is 10.1. The van der Waals surface area contributed by atoms with Gasteiger partial charge < -0.3 is 10.4 Å². The summed E-state index contributed by atoms with van der Waals surface area (Å²) in [6.45, 7) is 1.97. The van der Waals surface area contributed by atoms with Crippen LogP contribution in [0.2, 0.25) is 5.02 Å². The van der Waals surface area contributed by atoms with Gasteiger partial charge >= 0.3 is 0 Å². The number of hydrogen-bond donors (Lipinski definition) is 2. The summed E-state index contributed by atoms with van der Waals surface area (Å²) in [5.41, 5.74) is 0.982. The van der Waals surface area contributed by atoms with Crippen molar-refractivity contribution in [3.05, 3.63) is 34.9 Å². The Kier molecular flexibility index (Phi) is 7.28. The van der Waals surface area contributed by atoms with E-state index in [0.717, 1.165) is 5.56 Å². The van der Waals surface area contributed by atoms with Crippen LogP contribution in [0.25, 0.3) is 0 Å². The summed E-state index contributed by atoms with van der Waals surface area (Å²) in [5.74, 6) is -0.0140. The van der Waals surface area contributed by atoms with Crippen molar-refractivity contribution in [3.63, 3.8) is 0 Å². The van der Waals surface area contributed by atoms with Gasteiger partial charge in [0.2, 0.25) is 5.91 Å².